The molecule has 0 bridgehead atoms. The zero-order chi connectivity index (χ0) is 12.5. The summed E-state index contributed by atoms with van der Waals surface area (Å²) in [6.45, 7) is 1.35. The molecule has 0 atom stereocenters. The van der Waals surface area contributed by atoms with E-state index in [0.29, 0.717) is 13.2 Å². The van der Waals surface area contributed by atoms with Crippen LogP contribution in [0.5, 0.6) is 0 Å². The monoisotopic (exact) mass is 238 g/mol. The number of ether oxygens (including phenoxy) is 1. The first-order valence-electron chi connectivity index (χ1n) is 6.26. The zero-order valence-electron chi connectivity index (χ0n) is 10.5. The van der Waals surface area contributed by atoms with Gasteiger partial charge in [-0.05, 0) is 17.5 Å². The summed E-state index contributed by atoms with van der Waals surface area (Å²) in [7, 11) is 0. The van der Waals surface area contributed by atoms with Crippen molar-refractivity contribution in [1.82, 2.24) is 0 Å². The van der Waals surface area contributed by atoms with Crippen molar-refractivity contribution in [3.8, 4) is 0 Å². The second-order valence-electron chi connectivity index (χ2n) is 4.16. The van der Waals surface area contributed by atoms with Gasteiger partial charge < -0.3 is 4.74 Å². The largest absolute Gasteiger partial charge is 0.373 e. The van der Waals surface area contributed by atoms with Crippen molar-refractivity contribution in [2.45, 2.75) is 13.0 Å². The third kappa shape index (κ3) is 4.56. The Kier molecular flexibility index (Phi) is 5.22. The van der Waals surface area contributed by atoms with Crippen molar-refractivity contribution < 1.29 is 4.74 Å². The van der Waals surface area contributed by atoms with Crippen LogP contribution in [-0.2, 0) is 17.8 Å². The lowest BCUT2D eigenvalue weighted by Crippen LogP contribution is -1.92. The molecule has 0 heterocycles. The highest BCUT2D eigenvalue weighted by molar-refractivity contribution is 5.17. The molecule has 0 fully saturated rings. The van der Waals surface area contributed by atoms with Crippen molar-refractivity contribution >= 4 is 0 Å². The Morgan fingerprint density at radius 1 is 0.722 bits per heavy atom. The van der Waals surface area contributed by atoms with E-state index >= 15 is 0 Å². The minimum Gasteiger partial charge on any atom is -0.373 e. The van der Waals surface area contributed by atoms with Crippen molar-refractivity contribution in [3.63, 3.8) is 0 Å². The predicted molar refractivity (Wildman–Crippen MR) is 75.4 cm³/mol. The molecule has 92 valence electrons. The molecule has 0 aliphatic rings. The summed E-state index contributed by atoms with van der Waals surface area (Å²) in [4.78, 5) is 0. The number of hydrogen-bond acceptors (Lipinski definition) is 1. The maximum Gasteiger partial charge on any atom is 0.0721 e. The van der Waals surface area contributed by atoms with E-state index in [-0.39, 0.29) is 0 Å². The molecule has 18 heavy (non-hydrogen) atoms. The zero-order valence-corrected chi connectivity index (χ0v) is 10.5. The summed E-state index contributed by atoms with van der Waals surface area (Å²) in [6.07, 6.45) is 5.20. The van der Waals surface area contributed by atoms with Gasteiger partial charge in [0.25, 0.3) is 0 Å². The Morgan fingerprint density at radius 2 is 1.33 bits per heavy atom. The summed E-state index contributed by atoms with van der Waals surface area (Å²) in [6, 6.07) is 20.7. The first kappa shape index (κ1) is 12.6. The molecule has 0 aromatic heterocycles. The molecule has 2 aromatic carbocycles. The molecular weight excluding hydrogens is 220 g/mol. The van der Waals surface area contributed by atoms with Gasteiger partial charge in [0.1, 0.15) is 0 Å². The van der Waals surface area contributed by atoms with Crippen LogP contribution in [0.3, 0.4) is 0 Å². The molecule has 0 aliphatic heterocycles. The van der Waals surface area contributed by atoms with Crippen molar-refractivity contribution in [3.05, 3.63) is 83.9 Å². The second-order valence-corrected chi connectivity index (χ2v) is 4.16. The number of allylic oxidation sites excluding steroid dienone is 1. The maximum absolute atomic E-state index is 5.57. The van der Waals surface area contributed by atoms with Gasteiger partial charge in [-0.2, -0.15) is 0 Å². The normalized spacial score (nSPS) is 10.9. The number of hydrogen-bond donors (Lipinski definition) is 0. The Balaban J connectivity index is 1.64. The van der Waals surface area contributed by atoms with Gasteiger partial charge in [0.2, 0.25) is 0 Å². The highest BCUT2D eigenvalue weighted by atomic mass is 16.5. The highest BCUT2D eigenvalue weighted by Gasteiger charge is 1.89. The molecule has 0 aliphatic carbocycles. The Labute approximate surface area is 109 Å². The van der Waals surface area contributed by atoms with Crippen LogP contribution >= 0.6 is 0 Å². The molecule has 1 heteroatoms. The quantitative estimate of drug-likeness (QED) is 0.546. The smallest absolute Gasteiger partial charge is 0.0721 e. The van der Waals surface area contributed by atoms with Gasteiger partial charge in [0, 0.05) is 0 Å². The van der Waals surface area contributed by atoms with Crippen LogP contribution in [0.2, 0.25) is 0 Å². The molecule has 0 radical (unpaired) electrons. The Hall–Kier alpha value is -1.86. The van der Waals surface area contributed by atoms with Crippen molar-refractivity contribution in [2.24, 2.45) is 0 Å². The van der Waals surface area contributed by atoms with Crippen LogP contribution in [0.1, 0.15) is 11.1 Å². The average molecular weight is 238 g/mol. The Morgan fingerprint density at radius 3 is 2.00 bits per heavy atom. The van der Waals surface area contributed by atoms with E-state index in [1.807, 2.05) is 24.3 Å². The van der Waals surface area contributed by atoms with Crippen LogP contribution in [0, 0.1) is 0 Å². The van der Waals surface area contributed by atoms with E-state index in [2.05, 4.69) is 48.6 Å². The highest BCUT2D eigenvalue weighted by Crippen LogP contribution is 2.02. The topological polar surface area (TPSA) is 9.23 Å². The van der Waals surface area contributed by atoms with Crippen LogP contribution in [0.4, 0.5) is 0 Å². The molecule has 0 saturated heterocycles. The molecule has 0 unspecified atom stereocenters. The summed E-state index contributed by atoms with van der Waals surface area (Å²) in [5.74, 6) is 0. The molecule has 0 saturated carbocycles. The first-order chi connectivity index (χ1) is 8.95. The van der Waals surface area contributed by atoms with Gasteiger partial charge >= 0.3 is 0 Å². The minimum absolute atomic E-state index is 0.668. The lowest BCUT2D eigenvalue weighted by atomic mass is 10.1. The fraction of sp³-hybridized carbons (Fsp3) is 0.176. The standard InChI is InChI=1S/C17H18O/c1-3-9-16(10-4-1)11-7-8-14-18-15-17-12-5-2-6-13-17/h1-10,12-13H,11,14-15H2. The van der Waals surface area contributed by atoms with Crippen LogP contribution in [0.25, 0.3) is 0 Å². The molecule has 2 aromatic rings. The van der Waals surface area contributed by atoms with Gasteiger partial charge in [-0.15, -0.1) is 0 Å². The third-order valence-corrected chi connectivity index (χ3v) is 2.69. The SMILES string of the molecule is C(=CCc1ccccc1)COCc1ccccc1. The fourth-order valence-corrected chi connectivity index (χ4v) is 1.72. The van der Waals surface area contributed by atoms with E-state index in [9.17, 15) is 0 Å². The molecule has 2 rings (SSSR count). The van der Waals surface area contributed by atoms with E-state index in [1.54, 1.807) is 0 Å². The van der Waals surface area contributed by atoms with Crippen molar-refractivity contribution in [2.75, 3.05) is 6.61 Å². The molecule has 0 N–H and O–H groups in total. The van der Waals surface area contributed by atoms with Crippen LogP contribution in [0.15, 0.2) is 72.8 Å². The molecular formula is C17H18O. The molecule has 1 nitrogen and oxygen atoms in total. The number of benzene rings is 2. The van der Waals surface area contributed by atoms with Crippen LogP contribution < -0.4 is 0 Å². The van der Waals surface area contributed by atoms with Gasteiger partial charge in [0.05, 0.1) is 13.2 Å². The summed E-state index contributed by atoms with van der Waals surface area (Å²) < 4.78 is 5.57. The van der Waals surface area contributed by atoms with Crippen LogP contribution in [-0.4, -0.2) is 6.61 Å². The second kappa shape index (κ2) is 7.46. The molecule has 0 spiro atoms. The summed E-state index contributed by atoms with van der Waals surface area (Å²) in [5.41, 5.74) is 2.55. The van der Waals surface area contributed by atoms with E-state index in [4.69, 9.17) is 4.74 Å². The minimum atomic E-state index is 0.668. The predicted octanol–water partition coefficient (Wildman–Crippen LogP) is 4.00. The lowest BCUT2D eigenvalue weighted by Gasteiger charge is -2.00. The Bertz CT molecular complexity index is 459. The van der Waals surface area contributed by atoms with Gasteiger partial charge in [-0.3, -0.25) is 0 Å². The lowest BCUT2D eigenvalue weighted by molar-refractivity contribution is 0.148. The molecule has 0 amide bonds. The van der Waals surface area contributed by atoms with Gasteiger partial charge in [-0.25, -0.2) is 0 Å². The fourth-order valence-electron chi connectivity index (χ4n) is 1.72. The van der Waals surface area contributed by atoms with Gasteiger partial charge in [-0.1, -0.05) is 72.8 Å². The van der Waals surface area contributed by atoms with E-state index < -0.39 is 0 Å². The summed E-state index contributed by atoms with van der Waals surface area (Å²) in [5, 5.41) is 0. The van der Waals surface area contributed by atoms with E-state index in [1.165, 1.54) is 11.1 Å². The first-order valence-corrected chi connectivity index (χ1v) is 6.26. The van der Waals surface area contributed by atoms with Crippen molar-refractivity contribution in [1.29, 1.82) is 0 Å². The third-order valence-electron chi connectivity index (χ3n) is 2.69. The van der Waals surface area contributed by atoms with E-state index in [0.717, 1.165) is 6.42 Å². The maximum atomic E-state index is 5.57. The van der Waals surface area contributed by atoms with Gasteiger partial charge in [0.15, 0.2) is 0 Å². The summed E-state index contributed by atoms with van der Waals surface area (Å²) >= 11 is 0. The number of rotatable bonds is 6. The average Bonchev–Trinajstić information content (AvgIpc) is 2.45.